The molecule has 0 aromatic carbocycles. The number of carbonyl (C=O) groups excluding carboxylic acids is 1. The zero-order valence-corrected chi connectivity index (χ0v) is 15.6. The first-order chi connectivity index (χ1) is 12.0. The van der Waals surface area contributed by atoms with Crippen LogP contribution in [0.1, 0.15) is 44.9 Å². The Morgan fingerprint density at radius 2 is 2.12 bits per heavy atom. The number of rotatable bonds is 6. The largest absolute Gasteiger partial charge is 0.467 e. The molecule has 3 atom stereocenters. The summed E-state index contributed by atoms with van der Waals surface area (Å²) in [6.45, 7) is 6.95. The van der Waals surface area contributed by atoms with Crippen molar-refractivity contribution in [2.45, 2.75) is 51.2 Å². The van der Waals surface area contributed by atoms with Gasteiger partial charge in [-0.15, -0.1) is 0 Å². The lowest BCUT2D eigenvalue weighted by molar-refractivity contribution is 0.0842. The summed E-state index contributed by atoms with van der Waals surface area (Å²) in [5, 5.41) is 3.11. The summed E-state index contributed by atoms with van der Waals surface area (Å²) in [7, 11) is 2.19. The van der Waals surface area contributed by atoms with Gasteiger partial charge in [0, 0.05) is 31.8 Å². The molecule has 2 amide bonds. The molecule has 2 saturated heterocycles. The molecule has 6 heteroatoms. The minimum Gasteiger partial charge on any atom is -0.467 e. The normalized spacial score (nSPS) is 25.2. The van der Waals surface area contributed by atoms with Crippen LogP contribution < -0.4 is 5.32 Å². The fraction of sp³-hybridized carbons (Fsp3) is 0.737. The molecule has 0 aliphatic carbocycles. The molecule has 25 heavy (non-hydrogen) atoms. The zero-order valence-electron chi connectivity index (χ0n) is 15.6. The molecule has 1 aromatic rings. The average Bonchev–Trinajstić information content (AvgIpc) is 3.15. The maximum atomic E-state index is 12.8. The van der Waals surface area contributed by atoms with Gasteiger partial charge in [-0.25, -0.2) is 4.79 Å². The second-order valence-corrected chi connectivity index (χ2v) is 7.73. The molecular weight excluding hydrogens is 318 g/mol. The molecule has 3 heterocycles. The fourth-order valence-corrected chi connectivity index (χ4v) is 3.84. The van der Waals surface area contributed by atoms with Crippen LogP contribution in [-0.2, 0) is 4.74 Å². The Labute approximate surface area is 150 Å². The van der Waals surface area contributed by atoms with E-state index in [4.69, 9.17) is 9.15 Å². The number of amides is 2. The van der Waals surface area contributed by atoms with Crippen LogP contribution in [0.15, 0.2) is 22.8 Å². The zero-order chi connectivity index (χ0) is 17.8. The van der Waals surface area contributed by atoms with Gasteiger partial charge in [0.25, 0.3) is 0 Å². The second kappa shape index (κ2) is 8.23. The number of urea groups is 1. The predicted molar refractivity (Wildman–Crippen MR) is 96.4 cm³/mol. The summed E-state index contributed by atoms with van der Waals surface area (Å²) < 4.78 is 11.3. The van der Waals surface area contributed by atoms with Gasteiger partial charge < -0.3 is 19.4 Å². The van der Waals surface area contributed by atoms with Crippen molar-refractivity contribution in [2.24, 2.45) is 5.92 Å². The number of nitrogens with zero attached hydrogens (tertiary/aromatic N) is 2. The Morgan fingerprint density at radius 3 is 2.84 bits per heavy atom. The lowest BCUT2D eigenvalue weighted by atomic mass is 10.1. The summed E-state index contributed by atoms with van der Waals surface area (Å²) in [5.74, 6) is 1.20. The molecule has 140 valence electrons. The molecule has 0 saturated carbocycles. The minimum atomic E-state index is -0.251. The van der Waals surface area contributed by atoms with Gasteiger partial charge in [0.15, 0.2) is 0 Å². The molecule has 1 N–H and O–H groups in total. The average molecular weight is 349 g/mol. The highest BCUT2D eigenvalue weighted by atomic mass is 16.5. The summed E-state index contributed by atoms with van der Waals surface area (Å²) >= 11 is 0. The van der Waals surface area contributed by atoms with Gasteiger partial charge in [-0.2, -0.15) is 0 Å². The number of nitrogens with one attached hydrogen (secondary N) is 1. The number of hydrogen-bond donors (Lipinski definition) is 1. The van der Waals surface area contributed by atoms with Crippen molar-refractivity contribution in [3.8, 4) is 0 Å². The third-order valence-electron chi connectivity index (χ3n) is 5.36. The van der Waals surface area contributed by atoms with Crippen molar-refractivity contribution >= 4 is 6.03 Å². The van der Waals surface area contributed by atoms with Crippen LogP contribution in [0, 0.1) is 5.92 Å². The van der Waals surface area contributed by atoms with E-state index in [0.29, 0.717) is 31.2 Å². The first kappa shape index (κ1) is 18.3. The molecule has 1 aromatic heterocycles. The van der Waals surface area contributed by atoms with E-state index in [1.807, 2.05) is 17.0 Å². The van der Waals surface area contributed by atoms with Crippen LogP contribution >= 0.6 is 0 Å². The lowest BCUT2D eigenvalue weighted by Gasteiger charge is -2.28. The molecule has 2 aliphatic heterocycles. The minimum absolute atomic E-state index is 0.0181. The van der Waals surface area contributed by atoms with Gasteiger partial charge in [0.1, 0.15) is 11.8 Å². The van der Waals surface area contributed by atoms with Crippen LogP contribution in [0.25, 0.3) is 0 Å². The van der Waals surface area contributed by atoms with Crippen molar-refractivity contribution in [1.82, 2.24) is 15.1 Å². The highest BCUT2D eigenvalue weighted by Crippen LogP contribution is 2.28. The third kappa shape index (κ3) is 4.55. The van der Waals surface area contributed by atoms with Crippen LogP contribution in [0.5, 0.6) is 0 Å². The fourth-order valence-electron chi connectivity index (χ4n) is 3.84. The van der Waals surface area contributed by atoms with Crippen LogP contribution in [-0.4, -0.2) is 61.3 Å². The SMILES string of the molecule is CC(C)COCC(NC(=O)N1CCC2CCC(C1)N2C)c1ccco1. The van der Waals surface area contributed by atoms with Crippen LogP contribution in [0.3, 0.4) is 0 Å². The molecule has 6 nitrogen and oxygen atoms in total. The number of carbonyl (C=O) groups is 1. The number of ether oxygens (including phenoxy) is 1. The van der Waals surface area contributed by atoms with E-state index in [9.17, 15) is 4.79 Å². The Kier molecular flexibility index (Phi) is 6.02. The Hall–Kier alpha value is -1.53. The Balaban J connectivity index is 1.59. The van der Waals surface area contributed by atoms with E-state index in [0.717, 1.165) is 25.3 Å². The first-order valence-electron chi connectivity index (χ1n) is 9.43. The summed E-state index contributed by atoms with van der Waals surface area (Å²) in [4.78, 5) is 17.2. The monoisotopic (exact) mass is 349 g/mol. The molecule has 3 unspecified atom stereocenters. The van der Waals surface area contributed by atoms with Crippen molar-refractivity contribution in [3.05, 3.63) is 24.2 Å². The number of likely N-dealkylation sites (N-methyl/N-ethyl adjacent to an activating group) is 1. The van der Waals surface area contributed by atoms with Gasteiger partial charge in [0.2, 0.25) is 0 Å². The van der Waals surface area contributed by atoms with Crippen molar-refractivity contribution < 1.29 is 13.9 Å². The van der Waals surface area contributed by atoms with Gasteiger partial charge in [-0.05, 0) is 44.4 Å². The van der Waals surface area contributed by atoms with E-state index < -0.39 is 0 Å². The molecule has 0 spiro atoms. The molecular formula is C19H31N3O3. The maximum Gasteiger partial charge on any atom is 0.318 e. The molecule has 0 radical (unpaired) electrons. The number of fused-ring (bicyclic) bond motifs is 2. The van der Waals surface area contributed by atoms with Gasteiger partial charge in [-0.3, -0.25) is 4.90 Å². The third-order valence-corrected chi connectivity index (χ3v) is 5.36. The second-order valence-electron chi connectivity index (χ2n) is 7.73. The summed E-state index contributed by atoms with van der Waals surface area (Å²) in [5.41, 5.74) is 0. The van der Waals surface area contributed by atoms with Crippen LogP contribution in [0.2, 0.25) is 0 Å². The Morgan fingerprint density at radius 1 is 1.32 bits per heavy atom. The van der Waals surface area contributed by atoms with E-state index in [1.165, 1.54) is 12.8 Å². The van der Waals surface area contributed by atoms with Crippen molar-refractivity contribution in [3.63, 3.8) is 0 Å². The van der Waals surface area contributed by atoms with Crippen molar-refractivity contribution in [2.75, 3.05) is 33.4 Å². The summed E-state index contributed by atoms with van der Waals surface area (Å²) in [6.07, 6.45) is 5.13. The molecule has 2 bridgehead atoms. The van der Waals surface area contributed by atoms with Gasteiger partial charge in [-0.1, -0.05) is 13.8 Å². The van der Waals surface area contributed by atoms with E-state index in [2.05, 4.69) is 31.1 Å². The van der Waals surface area contributed by atoms with Crippen LogP contribution in [0.4, 0.5) is 4.79 Å². The predicted octanol–water partition coefficient (Wildman–Crippen LogP) is 2.87. The smallest absolute Gasteiger partial charge is 0.318 e. The molecule has 2 aliphatic rings. The number of furan rings is 1. The summed E-state index contributed by atoms with van der Waals surface area (Å²) in [6, 6.07) is 4.57. The topological polar surface area (TPSA) is 58.0 Å². The highest BCUT2D eigenvalue weighted by Gasteiger charge is 2.36. The van der Waals surface area contributed by atoms with E-state index >= 15 is 0 Å². The van der Waals surface area contributed by atoms with Gasteiger partial charge >= 0.3 is 6.03 Å². The van der Waals surface area contributed by atoms with E-state index in [-0.39, 0.29) is 12.1 Å². The first-order valence-corrected chi connectivity index (χ1v) is 9.43. The number of hydrogen-bond acceptors (Lipinski definition) is 4. The quantitative estimate of drug-likeness (QED) is 0.858. The molecule has 3 rings (SSSR count). The maximum absolute atomic E-state index is 12.8. The van der Waals surface area contributed by atoms with Gasteiger partial charge in [0.05, 0.1) is 12.9 Å². The van der Waals surface area contributed by atoms with E-state index in [1.54, 1.807) is 6.26 Å². The Bertz CT molecular complexity index is 546. The standard InChI is InChI=1S/C19H31N3O3/c1-14(2)12-24-13-17(18-5-4-10-25-18)20-19(23)22-9-8-15-6-7-16(11-22)21(15)3/h4-5,10,14-17H,6-9,11-13H2,1-3H3,(H,20,23). The highest BCUT2D eigenvalue weighted by molar-refractivity contribution is 5.74. The van der Waals surface area contributed by atoms with Crippen molar-refractivity contribution in [1.29, 1.82) is 0 Å². The number of likely N-dealkylation sites (tertiary alicyclic amines) is 1. The lowest BCUT2D eigenvalue weighted by Crippen LogP contribution is -2.46. The molecule has 2 fully saturated rings.